The molecule has 3 heteroatoms. The molecule has 0 amide bonds. The minimum atomic E-state index is 0.253. The second kappa shape index (κ2) is 6.02. The lowest BCUT2D eigenvalue weighted by Gasteiger charge is -2.17. The lowest BCUT2D eigenvalue weighted by molar-refractivity contribution is 0.525. The first kappa shape index (κ1) is 13.8. The van der Waals surface area contributed by atoms with Crippen molar-refractivity contribution in [2.24, 2.45) is 7.05 Å². The van der Waals surface area contributed by atoms with Crippen LogP contribution in [0.25, 0.3) is 10.9 Å². The third-order valence-electron chi connectivity index (χ3n) is 3.56. The normalized spacial score (nSPS) is 12.8. The van der Waals surface area contributed by atoms with E-state index in [0.29, 0.717) is 0 Å². The Morgan fingerprint density at radius 3 is 2.79 bits per heavy atom. The molecule has 0 aliphatic carbocycles. The molecule has 1 unspecified atom stereocenters. The summed E-state index contributed by atoms with van der Waals surface area (Å²) >= 11 is 0. The van der Waals surface area contributed by atoms with Gasteiger partial charge < -0.3 is 5.32 Å². The quantitative estimate of drug-likeness (QED) is 0.802. The van der Waals surface area contributed by atoms with E-state index < -0.39 is 0 Å². The van der Waals surface area contributed by atoms with Crippen molar-refractivity contribution in [1.82, 2.24) is 15.1 Å². The second-order valence-corrected chi connectivity index (χ2v) is 4.94. The Bertz CT molecular complexity index is 568. The van der Waals surface area contributed by atoms with Crippen LogP contribution in [0, 0.1) is 0 Å². The van der Waals surface area contributed by atoms with Crippen LogP contribution in [0.3, 0.4) is 0 Å². The first-order valence-electron chi connectivity index (χ1n) is 6.99. The maximum absolute atomic E-state index is 4.71. The van der Waals surface area contributed by atoms with Gasteiger partial charge in [0.1, 0.15) is 0 Å². The van der Waals surface area contributed by atoms with Gasteiger partial charge in [-0.1, -0.05) is 44.2 Å². The minimum absolute atomic E-state index is 0.253. The number of benzene rings is 1. The molecule has 0 saturated carbocycles. The smallest absolute Gasteiger partial charge is 0.0875 e. The second-order valence-electron chi connectivity index (χ2n) is 4.94. The summed E-state index contributed by atoms with van der Waals surface area (Å²) in [5.74, 6) is 0. The fraction of sp³-hybridized carbons (Fsp3) is 0.438. The van der Waals surface area contributed by atoms with Crippen molar-refractivity contribution in [1.29, 1.82) is 0 Å². The Labute approximate surface area is 115 Å². The summed E-state index contributed by atoms with van der Waals surface area (Å²) in [5, 5.41) is 9.48. The van der Waals surface area contributed by atoms with E-state index in [9.17, 15) is 0 Å². The standard InChI is InChI=1S/C16H23N3/c1-5-12(3)11-14(17-6-2)16-13-9-7-8-10-15(13)19(4)18-16/h7-10,14,17H,3,5-6,11H2,1-2,4H3. The lowest BCUT2D eigenvalue weighted by atomic mass is 10.0. The summed E-state index contributed by atoms with van der Waals surface area (Å²) in [5.41, 5.74) is 3.58. The van der Waals surface area contributed by atoms with Crippen LogP contribution in [0.5, 0.6) is 0 Å². The molecule has 1 atom stereocenters. The molecule has 0 spiro atoms. The van der Waals surface area contributed by atoms with Crippen molar-refractivity contribution in [3.8, 4) is 0 Å². The van der Waals surface area contributed by atoms with E-state index in [1.807, 2.05) is 11.7 Å². The van der Waals surface area contributed by atoms with Crippen molar-refractivity contribution in [2.45, 2.75) is 32.7 Å². The van der Waals surface area contributed by atoms with E-state index in [-0.39, 0.29) is 6.04 Å². The zero-order valence-electron chi connectivity index (χ0n) is 12.1. The average Bonchev–Trinajstić information content (AvgIpc) is 2.76. The van der Waals surface area contributed by atoms with Gasteiger partial charge in [-0.2, -0.15) is 5.10 Å². The van der Waals surface area contributed by atoms with E-state index in [0.717, 1.165) is 25.1 Å². The average molecular weight is 257 g/mol. The van der Waals surface area contributed by atoms with Gasteiger partial charge in [0.2, 0.25) is 0 Å². The highest BCUT2D eigenvalue weighted by atomic mass is 15.3. The predicted molar refractivity (Wildman–Crippen MR) is 81.2 cm³/mol. The van der Waals surface area contributed by atoms with Gasteiger partial charge in [-0.15, -0.1) is 0 Å². The Balaban J connectivity index is 2.41. The first-order valence-corrected chi connectivity index (χ1v) is 6.99. The monoisotopic (exact) mass is 257 g/mol. The molecule has 0 radical (unpaired) electrons. The third kappa shape index (κ3) is 2.87. The van der Waals surface area contributed by atoms with Crippen molar-refractivity contribution in [3.05, 3.63) is 42.1 Å². The molecule has 2 rings (SSSR count). The Hall–Kier alpha value is -1.61. The minimum Gasteiger partial charge on any atom is -0.309 e. The molecule has 0 aliphatic heterocycles. The van der Waals surface area contributed by atoms with Crippen LogP contribution in [0.2, 0.25) is 0 Å². The van der Waals surface area contributed by atoms with Crippen LogP contribution in [0.15, 0.2) is 36.4 Å². The number of fused-ring (bicyclic) bond motifs is 1. The number of para-hydroxylation sites is 1. The van der Waals surface area contributed by atoms with Crippen LogP contribution in [0.4, 0.5) is 0 Å². The van der Waals surface area contributed by atoms with E-state index in [4.69, 9.17) is 5.10 Å². The molecule has 102 valence electrons. The molecule has 2 aromatic rings. The molecule has 3 nitrogen and oxygen atoms in total. The summed E-state index contributed by atoms with van der Waals surface area (Å²) in [6.45, 7) is 9.36. The van der Waals surface area contributed by atoms with Crippen LogP contribution in [0.1, 0.15) is 38.4 Å². The summed E-state index contributed by atoms with van der Waals surface area (Å²) < 4.78 is 1.96. The summed E-state index contributed by atoms with van der Waals surface area (Å²) in [4.78, 5) is 0. The van der Waals surface area contributed by atoms with Crippen LogP contribution >= 0.6 is 0 Å². The fourth-order valence-corrected chi connectivity index (χ4v) is 2.44. The number of nitrogens with zero attached hydrogens (tertiary/aromatic N) is 2. The molecule has 19 heavy (non-hydrogen) atoms. The number of hydrogen-bond donors (Lipinski definition) is 1. The van der Waals surface area contributed by atoms with Gasteiger partial charge in [-0.25, -0.2) is 0 Å². The summed E-state index contributed by atoms with van der Waals surface area (Å²) in [6, 6.07) is 8.65. The maximum Gasteiger partial charge on any atom is 0.0875 e. The highest BCUT2D eigenvalue weighted by Gasteiger charge is 2.18. The summed E-state index contributed by atoms with van der Waals surface area (Å²) in [6.07, 6.45) is 1.97. The highest BCUT2D eigenvalue weighted by molar-refractivity contribution is 5.82. The molecule has 1 aromatic heterocycles. The molecule has 0 aliphatic rings. The van der Waals surface area contributed by atoms with E-state index in [2.05, 4.69) is 50.0 Å². The van der Waals surface area contributed by atoms with Gasteiger partial charge in [-0.3, -0.25) is 4.68 Å². The zero-order valence-corrected chi connectivity index (χ0v) is 12.1. The molecule has 0 bridgehead atoms. The van der Waals surface area contributed by atoms with Gasteiger partial charge in [0.05, 0.1) is 17.3 Å². The van der Waals surface area contributed by atoms with Crippen LogP contribution in [-0.4, -0.2) is 16.3 Å². The zero-order chi connectivity index (χ0) is 13.8. The highest BCUT2D eigenvalue weighted by Crippen LogP contribution is 2.27. The predicted octanol–water partition coefficient (Wildman–Crippen LogP) is 3.58. The maximum atomic E-state index is 4.71. The third-order valence-corrected chi connectivity index (χ3v) is 3.56. The number of aryl methyl sites for hydroxylation is 1. The Morgan fingerprint density at radius 1 is 1.37 bits per heavy atom. The van der Waals surface area contributed by atoms with Crippen LogP contribution < -0.4 is 5.32 Å². The molecule has 0 fully saturated rings. The van der Waals surface area contributed by atoms with Gasteiger partial charge in [0.15, 0.2) is 0 Å². The van der Waals surface area contributed by atoms with Crippen molar-refractivity contribution in [2.75, 3.05) is 6.54 Å². The topological polar surface area (TPSA) is 29.9 Å². The largest absolute Gasteiger partial charge is 0.309 e. The molecule has 1 aromatic carbocycles. The Kier molecular flexibility index (Phi) is 4.38. The van der Waals surface area contributed by atoms with Crippen LogP contribution in [-0.2, 0) is 7.05 Å². The van der Waals surface area contributed by atoms with Crippen molar-refractivity contribution in [3.63, 3.8) is 0 Å². The first-order chi connectivity index (χ1) is 9.17. The number of aromatic nitrogens is 2. The van der Waals surface area contributed by atoms with E-state index >= 15 is 0 Å². The van der Waals surface area contributed by atoms with Gasteiger partial charge >= 0.3 is 0 Å². The fourth-order valence-electron chi connectivity index (χ4n) is 2.44. The lowest BCUT2D eigenvalue weighted by Crippen LogP contribution is -2.22. The van der Waals surface area contributed by atoms with Gasteiger partial charge in [-0.05, 0) is 25.5 Å². The van der Waals surface area contributed by atoms with Crippen molar-refractivity contribution < 1.29 is 0 Å². The molecular formula is C16H23N3. The van der Waals surface area contributed by atoms with Crippen molar-refractivity contribution >= 4 is 10.9 Å². The summed E-state index contributed by atoms with van der Waals surface area (Å²) in [7, 11) is 2.00. The SMILES string of the molecule is C=C(CC)CC(NCC)c1nn(C)c2ccccc12. The Morgan fingerprint density at radius 2 is 2.11 bits per heavy atom. The number of nitrogens with one attached hydrogen (secondary N) is 1. The molecular weight excluding hydrogens is 234 g/mol. The van der Waals surface area contributed by atoms with Gasteiger partial charge in [0.25, 0.3) is 0 Å². The van der Waals surface area contributed by atoms with E-state index in [1.54, 1.807) is 0 Å². The molecule has 1 heterocycles. The molecule has 0 saturated heterocycles. The number of rotatable bonds is 6. The van der Waals surface area contributed by atoms with E-state index in [1.165, 1.54) is 16.5 Å². The molecule has 1 N–H and O–H groups in total. The van der Waals surface area contributed by atoms with Gasteiger partial charge in [0, 0.05) is 12.4 Å². The number of hydrogen-bond acceptors (Lipinski definition) is 2.